The van der Waals surface area contributed by atoms with Crippen LogP contribution in [0.5, 0.6) is 0 Å². The summed E-state index contributed by atoms with van der Waals surface area (Å²) in [7, 11) is 2.19. The summed E-state index contributed by atoms with van der Waals surface area (Å²) < 4.78 is 0. The Morgan fingerprint density at radius 1 is 1.30 bits per heavy atom. The van der Waals surface area contributed by atoms with Crippen LogP contribution in [-0.2, 0) is 0 Å². The number of nitrogens with zero attached hydrogens (tertiary/aromatic N) is 2. The van der Waals surface area contributed by atoms with E-state index in [1.807, 2.05) is 0 Å². The van der Waals surface area contributed by atoms with Gasteiger partial charge in [-0.3, -0.25) is 4.90 Å². The maximum Gasteiger partial charge on any atom is 0.187 e. The third-order valence-electron chi connectivity index (χ3n) is 2.14. The molecule has 2 nitrogen and oxygen atoms in total. The maximum absolute atomic E-state index is 2.50. The summed E-state index contributed by atoms with van der Waals surface area (Å²) >= 11 is 0. The second kappa shape index (κ2) is 3.40. The Morgan fingerprint density at radius 2 is 2.00 bits per heavy atom. The van der Waals surface area contributed by atoms with Crippen LogP contribution in [0.1, 0.15) is 20.3 Å². The molecule has 10 heavy (non-hydrogen) atoms. The lowest BCUT2D eigenvalue weighted by molar-refractivity contribution is 0.117. The molecule has 3 heteroatoms. The Labute approximate surface area is 64.6 Å². The van der Waals surface area contributed by atoms with E-state index < -0.39 is 0 Å². The van der Waals surface area contributed by atoms with E-state index in [2.05, 4.69) is 31.5 Å². The van der Waals surface area contributed by atoms with Crippen molar-refractivity contribution in [2.45, 2.75) is 26.3 Å². The molecule has 0 aromatic carbocycles. The fourth-order valence-corrected chi connectivity index (χ4v) is 1.42. The van der Waals surface area contributed by atoms with Gasteiger partial charge in [-0.2, -0.15) is 0 Å². The first-order valence-corrected chi connectivity index (χ1v) is 4.13. The molecule has 0 radical (unpaired) electrons. The highest BCUT2D eigenvalue weighted by molar-refractivity contribution is 6.04. The van der Waals surface area contributed by atoms with Gasteiger partial charge in [-0.15, -0.1) is 0 Å². The zero-order chi connectivity index (χ0) is 7.56. The van der Waals surface area contributed by atoms with Gasteiger partial charge < -0.3 is 4.81 Å². The van der Waals surface area contributed by atoms with E-state index in [0.29, 0.717) is 6.04 Å². The Bertz CT molecular complexity index is 106. The Kier molecular flexibility index (Phi) is 2.75. The van der Waals surface area contributed by atoms with Crippen LogP contribution in [0.25, 0.3) is 0 Å². The van der Waals surface area contributed by atoms with Crippen molar-refractivity contribution in [1.29, 1.82) is 0 Å². The lowest BCUT2D eigenvalue weighted by Gasteiger charge is -2.36. The van der Waals surface area contributed by atoms with Gasteiger partial charge in [0.25, 0.3) is 0 Å². The van der Waals surface area contributed by atoms with Crippen LogP contribution >= 0.6 is 0 Å². The molecule has 58 valence electrons. The topological polar surface area (TPSA) is 6.48 Å². The molecule has 0 spiro atoms. The molecule has 0 aliphatic carbocycles. The minimum Gasteiger partial charge on any atom is -0.337 e. The molecule has 0 atom stereocenters. The van der Waals surface area contributed by atoms with Crippen molar-refractivity contribution in [3.8, 4) is 0 Å². The summed E-state index contributed by atoms with van der Waals surface area (Å²) in [6, 6.07) is 0.711. The third-order valence-corrected chi connectivity index (χ3v) is 2.14. The van der Waals surface area contributed by atoms with Crippen LogP contribution < -0.4 is 0 Å². The van der Waals surface area contributed by atoms with Gasteiger partial charge in [0.05, 0.1) is 0 Å². The number of hydrogen-bond donors (Lipinski definition) is 0. The van der Waals surface area contributed by atoms with Crippen molar-refractivity contribution in [3.63, 3.8) is 0 Å². The van der Waals surface area contributed by atoms with Gasteiger partial charge in [0.2, 0.25) is 0 Å². The quantitative estimate of drug-likeness (QED) is 0.469. The molecule has 1 saturated heterocycles. The minimum absolute atomic E-state index is 0.711. The van der Waals surface area contributed by atoms with Gasteiger partial charge >= 0.3 is 0 Å². The summed E-state index contributed by atoms with van der Waals surface area (Å²) in [6.45, 7) is 8.22. The van der Waals surface area contributed by atoms with Crippen molar-refractivity contribution in [2.75, 3.05) is 19.8 Å². The highest BCUT2D eigenvalue weighted by Crippen LogP contribution is 2.06. The average Bonchev–Trinajstić information content (AvgIpc) is 1.88. The summed E-state index contributed by atoms with van der Waals surface area (Å²) in [6.07, 6.45) is 1.33. The van der Waals surface area contributed by atoms with Crippen LogP contribution in [0, 0.1) is 0 Å². The van der Waals surface area contributed by atoms with Crippen LogP contribution in [0.15, 0.2) is 0 Å². The largest absolute Gasteiger partial charge is 0.337 e. The third kappa shape index (κ3) is 1.99. The fourth-order valence-electron chi connectivity index (χ4n) is 1.42. The van der Waals surface area contributed by atoms with Crippen molar-refractivity contribution in [3.05, 3.63) is 0 Å². The first kappa shape index (κ1) is 8.09. The van der Waals surface area contributed by atoms with Crippen LogP contribution in [0.4, 0.5) is 0 Å². The second-order valence-corrected chi connectivity index (χ2v) is 3.48. The summed E-state index contributed by atoms with van der Waals surface area (Å²) in [5, 5.41) is 0. The zero-order valence-corrected chi connectivity index (χ0v) is 7.30. The lowest BCUT2D eigenvalue weighted by Crippen LogP contribution is -2.46. The van der Waals surface area contributed by atoms with Crippen LogP contribution in [0.3, 0.4) is 0 Å². The zero-order valence-electron chi connectivity index (χ0n) is 7.30. The molecule has 0 aromatic heterocycles. The van der Waals surface area contributed by atoms with Crippen molar-refractivity contribution in [1.82, 2.24) is 9.71 Å². The molecule has 0 unspecified atom stereocenters. The van der Waals surface area contributed by atoms with Crippen molar-refractivity contribution in [2.24, 2.45) is 0 Å². The molecule has 1 rings (SSSR count). The molecule has 0 amide bonds. The summed E-state index contributed by atoms with van der Waals surface area (Å²) in [4.78, 5) is 4.88. The van der Waals surface area contributed by atoms with Crippen LogP contribution in [-0.4, -0.2) is 43.5 Å². The van der Waals surface area contributed by atoms with E-state index in [1.54, 1.807) is 0 Å². The highest BCUT2D eigenvalue weighted by Gasteiger charge is 2.15. The van der Waals surface area contributed by atoms with Crippen LogP contribution in [0.2, 0.25) is 0 Å². The van der Waals surface area contributed by atoms with Gasteiger partial charge in [0.1, 0.15) is 0 Å². The Balaban J connectivity index is 2.32. The first-order chi connectivity index (χ1) is 4.70. The van der Waals surface area contributed by atoms with Gasteiger partial charge in [0, 0.05) is 19.3 Å². The monoisotopic (exact) mass is 140 g/mol. The molecule has 1 heterocycles. The van der Waals surface area contributed by atoms with Crippen molar-refractivity contribution < 1.29 is 0 Å². The predicted molar refractivity (Wildman–Crippen MR) is 46.6 cm³/mol. The molecule has 0 bridgehead atoms. The Hall–Kier alpha value is -0.0151. The standard InChI is InChI=1S/C7H17BN2/c1-7(2)9-4-3-5-10(8)6-9/h7H,3-6,8H2,1-2H3. The molecular formula is C7H17BN2. The SMILES string of the molecule is BN1CCCN(C(C)C)C1. The molecule has 1 fully saturated rings. The predicted octanol–water partition coefficient (Wildman–Crippen LogP) is -0.0919. The minimum atomic E-state index is 0.711. The number of hydrogen-bond acceptors (Lipinski definition) is 2. The second-order valence-electron chi connectivity index (χ2n) is 3.48. The van der Waals surface area contributed by atoms with Gasteiger partial charge in [-0.05, 0) is 26.8 Å². The molecule has 1 aliphatic rings. The first-order valence-electron chi connectivity index (χ1n) is 4.13. The molecule has 0 N–H and O–H groups in total. The van der Waals surface area contributed by atoms with E-state index >= 15 is 0 Å². The highest BCUT2D eigenvalue weighted by atomic mass is 15.3. The molecular weight excluding hydrogens is 123 g/mol. The van der Waals surface area contributed by atoms with Crippen molar-refractivity contribution >= 4 is 7.98 Å². The lowest BCUT2D eigenvalue weighted by atomic mass is 10.2. The Morgan fingerprint density at radius 3 is 2.40 bits per heavy atom. The van der Waals surface area contributed by atoms with E-state index in [4.69, 9.17) is 0 Å². The summed E-state index contributed by atoms with van der Waals surface area (Å²) in [5.74, 6) is 0. The molecule has 0 saturated carbocycles. The van der Waals surface area contributed by atoms with Gasteiger partial charge in [-0.25, -0.2) is 0 Å². The van der Waals surface area contributed by atoms with Gasteiger partial charge in [-0.1, -0.05) is 0 Å². The van der Waals surface area contributed by atoms with E-state index in [9.17, 15) is 0 Å². The molecule has 0 aromatic rings. The smallest absolute Gasteiger partial charge is 0.187 e. The fraction of sp³-hybridized carbons (Fsp3) is 1.00. The summed E-state index contributed by atoms with van der Waals surface area (Å²) in [5.41, 5.74) is 0. The maximum atomic E-state index is 2.50. The van der Waals surface area contributed by atoms with Gasteiger partial charge in [0.15, 0.2) is 7.98 Å². The molecule has 1 aliphatic heterocycles. The van der Waals surface area contributed by atoms with E-state index in [-0.39, 0.29) is 0 Å². The number of rotatable bonds is 1. The average molecular weight is 140 g/mol. The van der Waals surface area contributed by atoms with E-state index in [1.165, 1.54) is 19.5 Å². The van der Waals surface area contributed by atoms with E-state index in [0.717, 1.165) is 6.67 Å². The normalized spacial score (nSPS) is 23.9.